The Morgan fingerprint density at radius 2 is 1.72 bits per heavy atom. The predicted octanol–water partition coefficient (Wildman–Crippen LogP) is 2.11. The van der Waals surface area contributed by atoms with Crippen LogP contribution in [0.15, 0.2) is 23.9 Å². The van der Waals surface area contributed by atoms with Crippen LogP contribution in [-0.2, 0) is 14.3 Å². The molecule has 1 aromatic carbocycles. The number of Topliss-reactive ketones (excluding diaryl/α,β-unsaturated/α-hetero) is 1. The first-order valence-corrected chi connectivity index (χ1v) is 7.89. The smallest absolute Gasteiger partial charge is 0.342 e. The van der Waals surface area contributed by atoms with Gasteiger partial charge in [0.1, 0.15) is 5.57 Å². The highest BCUT2D eigenvalue weighted by atomic mass is 16.5. The van der Waals surface area contributed by atoms with Crippen LogP contribution >= 0.6 is 0 Å². The molecule has 25 heavy (non-hydrogen) atoms. The Hall–Kier alpha value is -2.70. The molecule has 0 radical (unpaired) electrons. The molecule has 2 rings (SSSR count). The van der Waals surface area contributed by atoms with Crippen molar-refractivity contribution in [2.24, 2.45) is 0 Å². The number of carbonyl (C=O) groups excluding carboxylic acids is 2. The Labute approximate surface area is 147 Å². The van der Waals surface area contributed by atoms with E-state index in [1.54, 1.807) is 20.4 Å². The van der Waals surface area contributed by atoms with Crippen LogP contribution in [0.3, 0.4) is 0 Å². The van der Waals surface area contributed by atoms with Crippen LogP contribution in [0.25, 0.3) is 0 Å². The van der Waals surface area contributed by atoms with Gasteiger partial charge in [-0.3, -0.25) is 4.79 Å². The summed E-state index contributed by atoms with van der Waals surface area (Å²) in [7, 11) is 5.88. The fourth-order valence-corrected chi connectivity index (χ4v) is 2.92. The van der Waals surface area contributed by atoms with Gasteiger partial charge >= 0.3 is 5.97 Å². The monoisotopic (exact) mass is 349 g/mol. The predicted molar refractivity (Wildman–Crippen MR) is 90.9 cm³/mol. The first-order chi connectivity index (χ1) is 12.0. The average Bonchev–Trinajstić information content (AvgIpc) is 2.65. The van der Waals surface area contributed by atoms with E-state index in [4.69, 9.17) is 14.2 Å². The Bertz CT molecular complexity index is 672. The normalized spacial score (nSPS) is 17.0. The largest absolute Gasteiger partial charge is 0.493 e. The lowest BCUT2D eigenvalue weighted by molar-refractivity contribution is -0.138. The minimum Gasteiger partial charge on any atom is -0.493 e. The maximum Gasteiger partial charge on any atom is 0.342 e. The van der Waals surface area contributed by atoms with Crippen molar-refractivity contribution in [1.82, 2.24) is 4.90 Å². The third kappa shape index (κ3) is 3.55. The molecule has 0 saturated heterocycles. The summed E-state index contributed by atoms with van der Waals surface area (Å²) in [6.45, 7) is 2.57. The maximum absolute atomic E-state index is 12.4. The highest BCUT2D eigenvalue weighted by molar-refractivity contribution is 6.17. The van der Waals surface area contributed by atoms with Gasteiger partial charge < -0.3 is 23.8 Å². The number of esters is 1. The minimum atomic E-state index is -0.619. The maximum atomic E-state index is 12.4. The molecular formula is C18H23NO6. The second-order valence-electron chi connectivity index (χ2n) is 5.47. The Morgan fingerprint density at radius 3 is 2.16 bits per heavy atom. The SMILES string of the molecule is CCN1C=C(C(=O)OC)C(=O)CC1c1cc(OC)c(OC)c(OC)c1. The van der Waals surface area contributed by atoms with E-state index >= 15 is 0 Å². The highest BCUT2D eigenvalue weighted by Gasteiger charge is 2.33. The topological polar surface area (TPSA) is 74.3 Å². The number of methoxy groups -OCH3 is 4. The zero-order chi connectivity index (χ0) is 18.6. The molecule has 7 nitrogen and oxygen atoms in total. The molecule has 0 bridgehead atoms. The molecule has 0 aromatic heterocycles. The summed E-state index contributed by atoms with van der Waals surface area (Å²) in [6, 6.07) is 3.40. The van der Waals surface area contributed by atoms with Crippen LogP contribution in [-0.4, -0.2) is 51.6 Å². The summed E-state index contributed by atoms with van der Waals surface area (Å²) in [5.41, 5.74) is 0.901. The van der Waals surface area contributed by atoms with E-state index in [0.29, 0.717) is 23.8 Å². The first kappa shape index (κ1) is 18.6. The average molecular weight is 349 g/mol. The van der Waals surface area contributed by atoms with Crippen LogP contribution in [0, 0.1) is 0 Å². The van der Waals surface area contributed by atoms with Crippen molar-refractivity contribution >= 4 is 11.8 Å². The highest BCUT2D eigenvalue weighted by Crippen LogP contribution is 2.42. The molecule has 0 amide bonds. The second kappa shape index (κ2) is 7.92. The van der Waals surface area contributed by atoms with Gasteiger partial charge in [0.2, 0.25) is 5.75 Å². The van der Waals surface area contributed by atoms with E-state index in [1.165, 1.54) is 14.2 Å². The number of rotatable bonds is 6. The molecule has 0 spiro atoms. The van der Waals surface area contributed by atoms with E-state index in [0.717, 1.165) is 5.56 Å². The molecular weight excluding hydrogens is 326 g/mol. The zero-order valence-corrected chi connectivity index (χ0v) is 15.1. The van der Waals surface area contributed by atoms with Crippen molar-refractivity contribution < 1.29 is 28.5 Å². The minimum absolute atomic E-state index is 0.0630. The van der Waals surface area contributed by atoms with Crippen molar-refractivity contribution in [3.05, 3.63) is 29.5 Å². The summed E-state index contributed by atoms with van der Waals surface area (Å²) in [6.07, 6.45) is 1.72. The molecule has 0 aliphatic carbocycles. The van der Waals surface area contributed by atoms with Crippen molar-refractivity contribution in [3.8, 4) is 17.2 Å². The Balaban J connectivity index is 2.49. The van der Waals surface area contributed by atoms with Gasteiger partial charge in [0.05, 0.1) is 34.5 Å². The molecule has 1 atom stereocenters. The van der Waals surface area contributed by atoms with Crippen LogP contribution in [0.5, 0.6) is 17.2 Å². The summed E-state index contributed by atoms with van der Waals surface area (Å²) in [4.78, 5) is 26.1. The third-order valence-corrected chi connectivity index (χ3v) is 4.22. The van der Waals surface area contributed by atoms with E-state index in [-0.39, 0.29) is 23.8 Å². The van der Waals surface area contributed by atoms with E-state index in [9.17, 15) is 9.59 Å². The summed E-state index contributed by atoms with van der Waals surface area (Å²) >= 11 is 0. The number of hydrogen-bond acceptors (Lipinski definition) is 7. The lowest BCUT2D eigenvalue weighted by atomic mass is 9.93. The van der Waals surface area contributed by atoms with Crippen LogP contribution in [0.4, 0.5) is 0 Å². The molecule has 1 aliphatic heterocycles. The lowest BCUT2D eigenvalue weighted by Gasteiger charge is -2.34. The fourth-order valence-electron chi connectivity index (χ4n) is 2.92. The standard InChI is InChI=1S/C18H23NO6/c1-6-19-10-12(18(21)25-5)14(20)9-13(19)11-7-15(22-2)17(24-4)16(8-11)23-3/h7-8,10,13H,6,9H2,1-5H3. The fraction of sp³-hybridized carbons (Fsp3) is 0.444. The summed E-state index contributed by atoms with van der Waals surface area (Å²) in [5.74, 6) is 0.651. The van der Waals surface area contributed by atoms with Crippen LogP contribution in [0.2, 0.25) is 0 Å². The number of nitrogens with zero attached hydrogens (tertiary/aromatic N) is 1. The van der Waals surface area contributed by atoms with Gasteiger partial charge in [-0.15, -0.1) is 0 Å². The van der Waals surface area contributed by atoms with Crippen molar-refractivity contribution in [3.63, 3.8) is 0 Å². The number of ketones is 1. The lowest BCUT2D eigenvalue weighted by Crippen LogP contribution is -2.33. The van der Waals surface area contributed by atoms with Crippen molar-refractivity contribution in [2.75, 3.05) is 35.0 Å². The molecule has 1 aliphatic rings. The number of carbonyl (C=O) groups is 2. The van der Waals surface area contributed by atoms with Gasteiger partial charge in [-0.1, -0.05) is 0 Å². The molecule has 0 saturated carbocycles. The van der Waals surface area contributed by atoms with E-state index in [1.807, 2.05) is 24.0 Å². The third-order valence-electron chi connectivity index (χ3n) is 4.22. The zero-order valence-electron chi connectivity index (χ0n) is 15.1. The molecule has 0 fully saturated rings. The Kier molecular flexibility index (Phi) is 5.90. The van der Waals surface area contributed by atoms with Gasteiger partial charge in [0.15, 0.2) is 17.3 Å². The molecule has 7 heteroatoms. The molecule has 1 aromatic rings. The first-order valence-electron chi connectivity index (χ1n) is 7.89. The molecule has 1 heterocycles. The summed E-state index contributed by atoms with van der Waals surface area (Å²) < 4.78 is 20.8. The van der Waals surface area contributed by atoms with Crippen LogP contribution < -0.4 is 14.2 Å². The van der Waals surface area contributed by atoms with Crippen molar-refractivity contribution in [2.45, 2.75) is 19.4 Å². The quantitative estimate of drug-likeness (QED) is 0.575. The van der Waals surface area contributed by atoms with Gasteiger partial charge in [-0.25, -0.2) is 4.79 Å². The van der Waals surface area contributed by atoms with Gasteiger partial charge in [0.25, 0.3) is 0 Å². The van der Waals surface area contributed by atoms with Gasteiger partial charge in [-0.05, 0) is 24.6 Å². The van der Waals surface area contributed by atoms with E-state index < -0.39 is 5.97 Å². The summed E-state index contributed by atoms with van der Waals surface area (Å²) in [5, 5.41) is 0. The number of ether oxygens (including phenoxy) is 4. The van der Waals surface area contributed by atoms with Gasteiger partial charge in [-0.2, -0.15) is 0 Å². The van der Waals surface area contributed by atoms with Gasteiger partial charge in [0, 0.05) is 19.2 Å². The molecule has 1 unspecified atom stereocenters. The number of hydrogen-bond donors (Lipinski definition) is 0. The van der Waals surface area contributed by atoms with E-state index in [2.05, 4.69) is 4.74 Å². The molecule has 0 N–H and O–H groups in total. The van der Waals surface area contributed by atoms with Crippen LogP contribution in [0.1, 0.15) is 24.9 Å². The Morgan fingerprint density at radius 1 is 1.12 bits per heavy atom. The molecule has 136 valence electrons. The number of benzene rings is 1. The van der Waals surface area contributed by atoms with Crippen molar-refractivity contribution in [1.29, 1.82) is 0 Å². The second-order valence-corrected chi connectivity index (χ2v) is 5.47.